The topological polar surface area (TPSA) is 56.7 Å². The smallest absolute Gasteiger partial charge is 0.166 e. The van der Waals surface area contributed by atoms with Crippen LogP contribution in [0.5, 0.6) is 0 Å². The maximum Gasteiger partial charge on any atom is 0.166 e. The summed E-state index contributed by atoms with van der Waals surface area (Å²) in [7, 11) is 0. The van der Waals surface area contributed by atoms with Gasteiger partial charge in [0.25, 0.3) is 0 Å². The lowest BCUT2D eigenvalue weighted by Crippen LogP contribution is -2.01. The predicted octanol–water partition coefficient (Wildman–Crippen LogP) is 3.14. The molecule has 0 radical (unpaired) electrons. The molecule has 0 atom stereocenters. The Morgan fingerprint density at radius 1 is 1.13 bits per heavy atom. The largest absolute Gasteiger partial charge is 0.381 e. The summed E-state index contributed by atoms with van der Waals surface area (Å²) in [4.78, 5) is 1.47. The van der Waals surface area contributed by atoms with Gasteiger partial charge in [0.15, 0.2) is 5.82 Å². The summed E-state index contributed by atoms with van der Waals surface area (Å²) in [5.41, 5.74) is 6.33. The van der Waals surface area contributed by atoms with E-state index in [-0.39, 0.29) is 0 Å². The van der Waals surface area contributed by atoms with Crippen LogP contribution in [0.15, 0.2) is 31.7 Å². The number of aromatic nitrogens is 3. The highest BCUT2D eigenvalue weighted by Crippen LogP contribution is 2.32. The zero-order chi connectivity index (χ0) is 11.0. The van der Waals surface area contributed by atoms with Gasteiger partial charge < -0.3 is 5.73 Å². The molecular formula is C8H5Br3N4. The van der Waals surface area contributed by atoms with E-state index in [2.05, 4.69) is 58.0 Å². The minimum Gasteiger partial charge on any atom is -0.381 e. The molecule has 0 spiro atoms. The van der Waals surface area contributed by atoms with Crippen LogP contribution in [0.4, 0.5) is 5.82 Å². The lowest BCUT2D eigenvalue weighted by molar-refractivity contribution is 0.748. The second-order valence-electron chi connectivity index (χ2n) is 2.78. The van der Waals surface area contributed by atoms with E-state index in [9.17, 15) is 0 Å². The fraction of sp³-hybridized carbons (Fsp3) is 0. The standard InChI is InChI=1S/C8H5Br3N4/c9-4-1-5(10)8(6(11)2-4)15-13-3-7(12)14-15/h1-3H,(H2,12,14). The monoisotopic (exact) mass is 394 g/mol. The first-order valence-electron chi connectivity index (χ1n) is 3.90. The van der Waals surface area contributed by atoms with E-state index in [0.29, 0.717) is 5.82 Å². The van der Waals surface area contributed by atoms with Crippen LogP contribution in [0.2, 0.25) is 0 Å². The quantitative estimate of drug-likeness (QED) is 0.805. The summed E-state index contributed by atoms with van der Waals surface area (Å²) < 4.78 is 2.71. The second kappa shape index (κ2) is 4.23. The number of nitrogen functional groups attached to an aromatic ring is 1. The van der Waals surface area contributed by atoms with Gasteiger partial charge in [-0.05, 0) is 44.0 Å². The Hall–Kier alpha value is -0.400. The van der Waals surface area contributed by atoms with Gasteiger partial charge in [-0.15, -0.1) is 9.90 Å². The number of benzene rings is 1. The molecule has 0 aliphatic rings. The number of nitrogens with zero attached hydrogens (tertiary/aromatic N) is 3. The van der Waals surface area contributed by atoms with Crippen LogP contribution in [-0.2, 0) is 0 Å². The fourth-order valence-electron chi connectivity index (χ4n) is 1.11. The minimum atomic E-state index is 0.386. The van der Waals surface area contributed by atoms with Gasteiger partial charge in [0.2, 0.25) is 0 Å². The van der Waals surface area contributed by atoms with Crippen LogP contribution >= 0.6 is 47.8 Å². The van der Waals surface area contributed by atoms with E-state index in [1.807, 2.05) is 12.1 Å². The van der Waals surface area contributed by atoms with Crippen molar-refractivity contribution in [1.29, 1.82) is 0 Å². The molecule has 1 aromatic heterocycles. The van der Waals surface area contributed by atoms with Crippen molar-refractivity contribution < 1.29 is 0 Å². The van der Waals surface area contributed by atoms with Crippen molar-refractivity contribution in [3.63, 3.8) is 0 Å². The van der Waals surface area contributed by atoms with Gasteiger partial charge in [0.05, 0.1) is 6.20 Å². The molecule has 2 N–H and O–H groups in total. The first-order chi connectivity index (χ1) is 7.08. The highest BCUT2D eigenvalue weighted by Gasteiger charge is 2.10. The second-order valence-corrected chi connectivity index (χ2v) is 5.40. The molecule has 4 nitrogen and oxygen atoms in total. The zero-order valence-electron chi connectivity index (χ0n) is 7.28. The van der Waals surface area contributed by atoms with Gasteiger partial charge in [-0.3, -0.25) is 0 Å². The fourth-order valence-corrected chi connectivity index (χ4v) is 3.68. The van der Waals surface area contributed by atoms with Crippen LogP contribution < -0.4 is 5.73 Å². The Morgan fingerprint density at radius 2 is 1.73 bits per heavy atom. The van der Waals surface area contributed by atoms with E-state index in [1.165, 1.54) is 11.0 Å². The molecule has 0 saturated heterocycles. The van der Waals surface area contributed by atoms with Crippen molar-refractivity contribution in [1.82, 2.24) is 15.0 Å². The lowest BCUT2D eigenvalue weighted by Gasteiger charge is -2.06. The molecule has 15 heavy (non-hydrogen) atoms. The van der Waals surface area contributed by atoms with Gasteiger partial charge in [-0.2, -0.15) is 5.10 Å². The third-order valence-electron chi connectivity index (χ3n) is 1.69. The van der Waals surface area contributed by atoms with Crippen molar-refractivity contribution in [2.45, 2.75) is 0 Å². The Bertz CT molecular complexity index is 485. The van der Waals surface area contributed by atoms with E-state index in [4.69, 9.17) is 5.73 Å². The van der Waals surface area contributed by atoms with Crippen LogP contribution in [0.1, 0.15) is 0 Å². The highest BCUT2D eigenvalue weighted by atomic mass is 79.9. The van der Waals surface area contributed by atoms with Gasteiger partial charge >= 0.3 is 0 Å². The van der Waals surface area contributed by atoms with Crippen molar-refractivity contribution in [2.24, 2.45) is 0 Å². The third kappa shape index (κ3) is 2.24. The van der Waals surface area contributed by atoms with Crippen molar-refractivity contribution >= 4 is 53.6 Å². The first-order valence-corrected chi connectivity index (χ1v) is 6.28. The molecule has 0 bridgehead atoms. The number of rotatable bonds is 1. The van der Waals surface area contributed by atoms with Crippen molar-refractivity contribution in [3.8, 4) is 5.69 Å². The summed E-state index contributed by atoms with van der Waals surface area (Å²) >= 11 is 10.3. The number of nitrogens with two attached hydrogens (primary N) is 1. The molecule has 2 aromatic rings. The van der Waals surface area contributed by atoms with E-state index in [1.54, 1.807) is 0 Å². The van der Waals surface area contributed by atoms with E-state index in [0.717, 1.165) is 19.1 Å². The molecule has 0 saturated carbocycles. The minimum absolute atomic E-state index is 0.386. The number of hydrogen-bond donors (Lipinski definition) is 1. The van der Waals surface area contributed by atoms with E-state index < -0.39 is 0 Å². The molecule has 78 valence electrons. The van der Waals surface area contributed by atoms with Gasteiger partial charge in [0.1, 0.15) is 5.69 Å². The number of halogens is 3. The molecule has 7 heteroatoms. The van der Waals surface area contributed by atoms with Crippen molar-refractivity contribution in [2.75, 3.05) is 5.73 Å². The Labute approximate surface area is 111 Å². The summed E-state index contributed by atoms with van der Waals surface area (Å²) in [5, 5.41) is 8.08. The maximum absolute atomic E-state index is 5.51. The maximum atomic E-state index is 5.51. The molecular weight excluding hydrogens is 392 g/mol. The molecule has 1 heterocycles. The molecule has 2 rings (SSSR count). The molecule has 0 amide bonds. The van der Waals surface area contributed by atoms with Gasteiger partial charge in [-0.25, -0.2) is 0 Å². The molecule has 0 aliphatic heterocycles. The van der Waals surface area contributed by atoms with Gasteiger partial charge in [0, 0.05) is 13.4 Å². The van der Waals surface area contributed by atoms with Gasteiger partial charge in [-0.1, -0.05) is 15.9 Å². The van der Waals surface area contributed by atoms with Crippen LogP contribution in [-0.4, -0.2) is 15.0 Å². The average molecular weight is 397 g/mol. The Kier molecular flexibility index (Phi) is 3.13. The third-order valence-corrected chi connectivity index (χ3v) is 3.36. The molecule has 0 fully saturated rings. The van der Waals surface area contributed by atoms with E-state index >= 15 is 0 Å². The normalized spacial score (nSPS) is 10.6. The predicted molar refractivity (Wildman–Crippen MR) is 68.9 cm³/mol. The zero-order valence-corrected chi connectivity index (χ0v) is 12.0. The summed E-state index contributed by atoms with van der Waals surface area (Å²) in [5.74, 6) is 0.386. The summed E-state index contributed by atoms with van der Waals surface area (Å²) in [6, 6.07) is 3.83. The first kappa shape index (κ1) is 11.1. The van der Waals surface area contributed by atoms with Crippen LogP contribution in [0.3, 0.4) is 0 Å². The molecule has 1 aromatic carbocycles. The number of anilines is 1. The molecule has 0 aliphatic carbocycles. The average Bonchev–Trinajstić information content (AvgIpc) is 2.49. The Morgan fingerprint density at radius 3 is 2.20 bits per heavy atom. The Balaban J connectivity index is 2.62. The van der Waals surface area contributed by atoms with Crippen molar-refractivity contribution in [3.05, 3.63) is 31.7 Å². The lowest BCUT2D eigenvalue weighted by atomic mass is 10.3. The van der Waals surface area contributed by atoms with Crippen LogP contribution in [0.25, 0.3) is 5.69 Å². The summed E-state index contributed by atoms with van der Waals surface area (Å²) in [6.45, 7) is 0. The SMILES string of the molecule is Nc1cnn(-c2c(Br)cc(Br)cc2Br)n1. The summed E-state index contributed by atoms with van der Waals surface area (Å²) in [6.07, 6.45) is 1.50. The highest BCUT2D eigenvalue weighted by molar-refractivity contribution is 9.11. The van der Waals surface area contributed by atoms with Crippen LogP contribution in [0, 0.1) is 0 Å². The number of hydrogen-bond acceptors (Lipinski definition) is 3. The molecule has 0 unspecified atom stereocenters.